The molecule has 0 unspecified atom stereocenters. The van der Waals surface area contributed by atoms with Crippen LogP contribution in [0.5, 0.6) is 0 Å². The summed E-state index contributed by atoms with van der Waals surface area (Å²) >= 11 is 0. The Hall–Kier alpha value is 0.920. The molecule has 0 aliphatic heterocycles. The maximum absolute atomic E-state index is 8.52. The van der Waals surface area contributed by atoms with E-state index in [9.17, 15) is 0 Å². The monoisotopic (exact) mass is 114 g/mol. The van der Waals surface area contributed by atoms with Crippen LogP contribution < -0.4 is 29.6 Å². The van der Waals surface area contributed by atoms with Crippen LogP contribution in [0, 0.1) is 0 Å². The Morgan fingerprint density at radius 3 is 1.14 bits per heavy atom. The second-order valence-corrected chi connectivity index (χ2v) is 2.17. The first-order chi connectivity index (χ1) is 2.00. The molecule has 0 spiro atoms. The molecule has 0 fully saturated rings. The summed E-state index contributed by atoms with van der Waals surface area (Å²) in [5.74, 6) is 0. The molecule has 0 atom stereocenters. The molecule has 0 heterocycles. The van der Waals surface area contributed by atoms with E-state index in [0.717, 1.165) is 0 Å². The van der Waals surface area contributed by atoms with Gasteiger partial charge in [0.15, 0.2) is 0 Å². The maximum atomic E-state index is 8.52. The third kappa shape index (κ3) is 198. The van der Waals surface area contributed by atoms with E-state index in [0.29, 0.717) is 0 Å². The number of hydrogen-bond donors (Lipinski definition) is 1. The van der Waals surface area contributed by atoms with E-state index in [1.54, 1.807) is 20.8 Å². The third-order valence-corrected chi connectivity index (χ3v) is 0. The molecule has 3 heteroatoms. The topological polar surface area (TPSA) is 50.2 Å². The van der Waals surface area contributed by atoms with Crippen LogP contribution in [0.25, 0.3) is 0 Å². The van der Waals surface area contributed by atoms with Gasteiger partial charge in [-0.1, -0.05) is 0 Å². The van der Waals surface area contributed by atoms with Gasteiger partial charge in [-0.3, -0.25) is 0 Å². The summed E-state index contributed by atoms with van der Waals surface area (Å²) in [6.45, 7) is 5.23. The predicted octanol–water partition coefficient (Wildman–Crippen LogP) is -2.40. The Labute approximate surface area is 66.5 Å². The van der Waals surface area contributed by atoms with Crippen LogP contribution in [0.15, 0.2) is 0 Å². The van der Waals surface area contributed by atoms with Crippen LogP contribution in [0.3, 0.4) is 0 Å². The molecule has 0 aromatic heterocycles. The average molecular weight is 114 g/mol. The fourth-order valence-corrected chi connectivity index (χ4v) is 0. The van der Waals surface area contributed by atoms with Crippen molar-refractivity contribution in [2.75, 3.05) is 0 Å². The van der Waals surface area contributed by atoms with Gasteiger partial charge in [-0.05, 0) is 20.8 Å². The van der Waals surface area contributed by atoms with Gasteiger partial charge < -0.3 is 10.6 Å². The van der Waals surface area contributed by atoms with Gasteiger partial charge in [-0.2, -0.15) is 0 Å². The normalized spacial score (nSPS) is 8.57. The SMILES string of the molecule is CC(C)(C)O.[Na+].[OH-]. The number of aliphatic hydroxyl groups is 1. The minimum absolute atomic E-state index is 0. The van der Waals surface area contributed by atoms with E-state index in [4.69, 9.17) is 5.11 Å². The molecule has 2 nitrogen and oxygen atoms in total. The van der Waals surface area contributed by atoms with Crippen molar-refractivity contribution in [3.05, 3.63) is 0 Å². The Balaban J connectivity index is -0.0000000800. The first-order valence-corrected chi connectivity index (χ1v) is 1.72. The van der Waals surface area contributed by atoms with E-state index >= 15 is 0 Å². The van der Waals surface area contributed by atoms with Crippen molar-refractivity contribution in [1.29, 1.82) is 0 Å². The summed E-state index contributed by atoms with van der Waals surface area (Å²) in [5.41, 5.74) is -0.500. The minimum atomic E-state index is -0.500. The van der Waals surface area contributed by atoms with Gasteiger partial charge in [0.05, 0.1) is 5.60 Å². The van der Waals surface area contributed by atoms with Crippen molar-refractivity contribution < 1.29 is 40.1 Å². The molecule has 0 amide bonds. The van der Waals surface area contributed by atoms with Gasteiger partial charge in [-0.15, -0.1) is 0 Å². The molecule has 0 aromatic carbocycles. The average Bonchev–Trinajstić information content (AvgIpc) is 0.722. The van der Waals surface area contributed by atoms with Gasteiger partial charge >= 0.3 is 29.6 Å². The molecule has 0 saturated heterocycles. The van der Waals surface area contributed by atoms with Gasteiger partial charge in [0.1, 0.15) is 0 Å². The van der Waals surface area contributed by atoms with Gasteiger partial charge in [0.2, 0.25) is 0 Å². The Morgan fingerprint density at radius 2 is 1.14 bits per heavy atom. The second kappa shape index (κ2) is 5.06. The summed E-state index contributed by atoms with van der Waals surface area (Å²) in [6, 6.07) is 0. The van der Waals surface area contributed by atoms with Crippen LogP contribution in [0.1, 0.15) is 20.8 Å². The molecule has 0 aliphatic carbocycles. The van der Waals surface area contributed by atoms with E-state index in [1.807, 2.05) is 0 Å². The summed E-state index contributed by atoms with van der Waals surface area (Å²) in [6.07, 6.45) is 0. The summed E-state index contributed by atoms with van der Waals surface area (Å²) in [7, 11) is 0. The Morgan fingerprint density at radius 1 is 1.14 bits per heavy atom. The second-order valence-electron chi connectivity index (χ2n) is 2.17. The molecule has 7 heavy (non-hydrogen) atoms. The van der Waals surface area contributed by atoms with E-state index in [2.05, 4.69) is 0 Å². The predicted molar refractivity (Wildman–Crippen MR) is 23.9 cm³/mol. The van der Waals surface area contributed by atoms with Gasteiger partial charge in [-0.25, -0.2) is 0 Å². The van der Waals surface area contributed by atoms with E-state index in [1.165, 1.54) is 0 Å². The van der Waals surface area contributed by atoms with Crippen LogP contribution in [-0.2, 0) is 0 Å². The minimum Gasteiger partial charge on any atom is -0.870 e. The van der Waals surface area contributed by atoms with E-state index < -0.39 is 5.60 Å². The summed E-state index contributed by atoms with van der Waals surface area (Å²) in [5, 5.41) is 8.52. The zero-order chi connectivity index (χ0) is 4.50. The van der Waals surface area contributed by atoms with Crippen LogP contribution in [-0.4, -0.2) is 16.2 Å². The molecule has 0 rings (SSSR count). The van der Waals surface area contributed by atoms with Crippen molar-refractivity contribution in [2.45, 2.75) is 26.4 Å². The molecular formula is C4H11NaO2. The first-order valence-electron chi connectivity index (χ1n) is 1.72. The largest absolute Gasteiger partial charge is 1.00 e. The summed E-state index contributed by atoms with van der Waals surface area (Å²) < 4.78 is 0. The Bertz CT molecular complexity index is 25.2. The fourth-order valence-electron chi connectivity index (χ4n) is 0. The van der Waals surface area contributed by atoms with Crippen molar-refractivity contribution in [2.24, 2.45) is 0 Å². The molecular weight excluding hydrogens is 103 g/mol. The van der Waals surface area contributed by atoms with E-state index in [-0.39, 0.29) is 35.0 Å². The Kier molecular flexibility index (Phi) is 11.3. The molecule has 0 aliphatic rings. The molecule has 40 valence electrons. The standard InChI is InChI=1S/C4H10O.Na.H2O/c1-4(2,3)5;;/h5H,1-3H3;;1H2/q;+1;/p-1. The molecule has 0 aromatic rings. The van der Waals surface area contributed by atoms with Crippen molar-refractivity contribution >= 4 is 0 Å². The van der Waals surface area contributed by atoms with Crippen LogP contribution >= 0.6 is 0 Å². The zero-order valence-corrected chi connectivity index (χ0v) is 7.39. The van der Waals surface area contributed by atoms with Crippen molar-refractivity contribution in [3.8, 4) is 0 Å². The fraction of sp³-hybridized carbons (Fsp3) is 1.00. The zero-order valence-electron chi connectivity index (χ0n) is 5.39. The van der Waals surface area contributed by atoms with Crippen LogP contribution in [0.4, 0.5) is 0 Å². The van der Waals surface area contributed by atoms with Crippen molar-refractivity contribution in [3.63, 3.8) is 0 Å². The van der Waals surface area contributed by atoms with Gasteiger partial charge in [0.25, 0.3) is 0 Å². The molecule has 0 saturated carbocycles. The summed E-state index contributed by atoms with van der Waals surface area (Å²) in [4.78, 5) is 0. The number of hydrogen-bond acceptors (Lipinski definition) is 2. The molecule has 0 radical (unpaired) electrons. The van der Waals surface area contributed by atoms with Gasteiger partial charge in [0, 0.05) is 0 Å². The van der Waals surface area contributed by atoms with Crippen molar-refractivity contribution in [1.82, 2.24) is 0 Å². The molecule has 0 bridgehead atoms. The third-order valence-electron chi connectivity index (χ3n) is 0. The maximum Gasteiger partial charge on any atom is 1.00 e. The molecule has 2 N–H and O–H groups in total. The smallest absolute Gasteiger partial charge is 0.870 e. The number of rotatable bonds is 0. The quantitative estimate of drug-likeness (QED) is 0.357. The van der Waals surface area contributed by atoms with Crippen LogP contribution in [0.2, 0.25) is 0 Å². The first kappa shape index (κ1) is 15.7.